The van der Waals surface area contributed by atoms with E-state index < -0.39 is 30.1 Å². The van der Waals surface area contributed by atoms with Crippen LogP contribution < -0.4 is 19.7 Å². The standard InChI is InChI=1S/C31H25F3N2O6/c32-31(33,34)42-26-14-12-21(13-15-26)20-36(25-10-4-9-24(18-25)29(39)35-17-16-28(37)38)30(40)41-27-11-5-8-23(19-27)22-6-2-1-3-7-22/h1-15,18-19H,16-17,20H2,(H,35,39)(H,37,38). The molecule has 0 fully saturated rings. The van der Waals surface area contributed by atoms with Gasteiger partial charge in [0.2, 0.25) is 0 Å². The number of carbonyl (C=O) groups excluding carboxylic acids is 2. The maximum atomic E-state index is 13.5. The number of ether oxygens (including phenoxy) is 2. The Morgan fingerprint density at radius 3 is 2.17 bits per heavy atom. The van der Waals surface area contributed by atoms with Crippen LogP contribution in [0.15, 0.2) is 103 Å². The van der Waals surface area contributed by atoms with Gasteiger partial charge in [0.25, 0.3) is 5.91 Å². The van der Waals surface area contributed by atoms with Crippen LogP contribution >= 0.6 is 0 Å². The molecule has 0 unspecified atom stereocenters. The molecule has 0 heterocycles. The number of hydrogen-bond acceptors (Lipinski definition) is 5. The van der Waals surface area contributed by atoms with Crippen LogP contribution in [0.25, 0.3) is 11.1 Å². The molecule has 2 amide bonds. The first-order valence-corrected chi connectivity index (χ1v) is 12.7. The van der Waals surface area contributed by atoms with E-state index in [0.717, 1.165) is 23.3 Å². The third-order valence-electron chi connectivity index (χ3n) is 5.91. The number of carbonyl (C=O) groups is 3. The largest absolute Gasteiger partial charge is 0.573 e. The normalized spacial score (nSPS) is 10.9. The molecule has 0 aromatic heterocycles. The Kier molecular flexibility index (Phi) is 9.43. The number of carboxylic acids is 1. The molecule has 0 spiro atoms. The van der Waals surface area contributed by atoms with Crippen molar-refractivity contribution in [2.45, 2.75) is 19.3 Å². The van der Waals surface area contributed by atoms with E-state index in [9.17, 15) is 27.6 Å². The molecular formula is C31H25F3N2O6. The average Bonchev–Trinajstić information content (AvgIpc) is 2.96. The Hall–Kier alpha value is -5.32. The van der Waals surface area contributed by atoms with E-state index in [4.69, 9.17) is 9.84 Å². The summed E-state index contributed by atoms with van der Waals surface area (Å²) in [6.45, 7) is -0.207. The summed E-state index contributed by atoms with van der Waals surface area (Å²) in [5.74, 6) is -1.78. The van der Waals surface area contributed by atoms with Gasteiger partial charge in [0.1, 0.15) is 11.5 Å². The van der Waals surface area contributed by atoms with Gasteiger partial charge in [0, 0.05) is 17.8 Å². The molecule has 0 bridgehead atoms. The summed E-state index contributed by atoms with van der Waals surface area (Å²) in [4.78, 5) is 38.1. The number of carboxylic acid groups (broad SMARTS) is 1. The second-order valence-electron chi connectivity index (χ2n) is 8.99. The third-order valence-corrected chi connectivity index (χ3v) is 5.91. The van der Waals surface area contributed by atoms with E-state index in [2.05, 4.69) is 10.1 Å². The number of nitrogens with one attached hydrogen (secondary N) is 1. The summed E-state index contributed by atoms with van der Waals surface area (Å²) in [5, 5.41) is 11.3. The Balaban J connectivity index is 1.60. The van der Waals surface area contributed by atoms with Crippen molar-refractivity contribution < 1.29 is 42.1 Å². The molecule has 4 aromatic rings. The fraction of sp³-hybridized carbons (Fsp3) is 0.129. The molecule has 0 saturated carbocycles. The number of rotatable bonds is 10. The van der Waals surface area contributed by atoms with Gasteiger partial charge in [-0.15, -0.1) is 13.2 Å². The Morgan fingerprint density at radius 1 is 0.786 bits per heavy atom. The second-order valence-corrected chi connectivity index (χ2v) is 8.99. The smallest absolute Gasteiger partial charge is 0.481 e. The van der Waals surface area contributed by atoms with Gasteiger partial charge in [-0.3, -0.25) is 14.5 Å². The predicted molar refractivity (Wildman–Crippen MR) is 148 cm³/mol. The zero-order valence-electron chi connectivity index (χ0n) is 22.0. The highest BCUT2D eigenvalue weighted by atomic mass is 19.4. The van der Waals surface area contributed by atoms with E-state index in [0.29, 0.717) is 5.56 Å². The summed E-state index contributed by atoms with van der Waals surface area (Å²) in [5.41, 5.74) is 2.61. The lowest BCUT2D eigenvalue weighted by Crippen LogP contribution is -2.33. The maximum Gasteiger partial charge on any atom is 0.573 e. The molecule has 8 nitrogen and oxygen atoms in total. The van der Waals surface area contributed by atoms with Crippen molar-refractivity contribution in [2.24, 2.45) is 0 Å². The molecule has 0 atom stereocenters. The summed E-state index contributed by atoms with van der Waals surface area (Å²) in [6, 6.07) is 27.4. The first-order valence-electron chi connectivity index (χ1n) is 12.7. The van der Waals surface area contributed by atoms with Crippen LogP contribution in [0, 0.1) is 0 Å². The lowest BCUT2D eigenvalue weighted by molar-refractivity contribution is -0.274. The number of halogens is 3. The lowest BCUT2D eigenvalue weighted by atomic mass is 10.1. The number of hydrogen-bond donors (Lipinski definition) is 2. The quantitative estimate of drug-likeness (QED) is 0.218. The van der Waals surface area contributed by atoms with Crippen molar-refractivity contribution in [1.82, 2.24) is 5.32 Å². The Morgan fingerprint density at radius 2 is 1.48 bits per heavy atom. The van der Waals surface area contributed by atoms with Gasteiger partial charge in [0.15, 0.2) is 0 Å². The second kappa shape index (κ2) is 13.4. The first kappa shape index (κ1) is 29.7. The van der Waals surface area contributed by atoms with Crippen LogP contribution in [-0.4, -0.2) is 36.0 Å². The van der Waals surface area contributed by atoms with Crippen molar-refractivity contribution in [1.29, 1.82) is 0 Å². The van der Waals surface area contributed by atoms with Crippen molar-refractivity contribution >= 4 is 23.7 Å². The Bertz CT molecular complexity index is 1540. The van der Waals surface area contributed by atoms with Crippen molar-refractivity contribution in [2.75, 3.05) is 11.4 Å². The number of amides is 2. The van der Waals surface area contributed by atoms with Crippen molar-refractivity contribution in [3.05, 3.63) is 114 Å². The molecule has 0 aliphatic carbocycles. The van der Waals surface area contributed by atoms with Crippen LogP contribution in [0.1, 0.15) is 22.3 Å². The maximum absolute atomic E-state index is 13.5. The highest BCUT2D eigenvalue weighted by Gasteiger charge is 2.31. The number of alkyl halides is 3. The number of anilines is 1. The highest BCUT2D eigenvalue weighted by Crippen LogP contribution is 2.27. The van der Waals surface area contributed by atoms with Crippen molar-refractivity contribution in [3.63, 3.8) is 0 Å². The van der Waals surface area contributed by atoms with Gasteiger partial charge in [0.05, 0.1) is 13.0 Å². The minimum Gasteiger partial charge on any atom is -0.481 e. The molecule has 0 aliphatic heterocycles. The molecule has 0 aliphatic rings. The molecule has 4 rings (SSSR count). The Labute approximate surface area is 238 Å². The fourth-order valence-corrected chi connectivity index (χ4v) is 3.97. The summed E-state index contributed by atoms with van der Waals surface area (Å²) >= 11 is 0. The minimum absolute atomic E-state index is 0.0890. The fourth-order valence-electron chi connectivity index (χ4n) is 3.97. The minimum atomic E-state index is -4.85. The zero-order chi connectivity index (χ0) is 30.1. The van der Waals surface area contributed by atoms with Crippen LogP contribution in [0.3, 0.4) is 0 Å². The van der Waals surface area contributed by atoms with E-state index in [1.807, 2.05) is 36.4 Å². The molecule has 42 heavy (non-hydrogen) atoms. The van der Waals surface area contributed by atoms with E-state index in [-0.39, 0.29) is 36.5 Å². The molecule has 4 aromatic carbocycles. The first-order chi connectivity index (χ1) is 20.1. The van der Waals surface area contributed by atoms with Crippen LogP contribution in [-0.2, 0) is 11.3 Å². The average molecular weight is 579 g/mol. The van der Waals surface area contributed by atoms with E-state index in [1.165, 1.54) is 35.2 Å². The van der Waals surface area contributed by atoms with E-state index >= 15 is 0 Å². The van der Waals surface area contributed by atoms with Crippen molar-refractivity contribution in [3.8, 4) is 22.6 Å². The van der Waals surface area contributed by atoms with E-state index in [1.54, 1.807) is 24.3 Å². The monoisotopic (exact) mass is 578 g/mol. The molecule has 0 saturated heterocycles. The molecule has 11 heteroatoms. The lowest BCUT2D eigenvalue weighted by Gasteiger charge is -2.23. The topological polar surface area (TPSA) is 105 Å². The number of nitrogens with zero attached hydrogens (tertiary/aromatic N) is 1. The van der Waals surface area contributed by atoms with Crippen LogP contribution in [0.4, 0.5) is 23.7 Å². The predicted octanol–water partition coefficient (Wildman–Crippen LogP) is 6.66. The SMILES string of the molecule is O=C(O)CCNC(=O)c1cccc(N(Cc2ccc(OC(F)(F)F)cc2)C(=O)Oc2cccc(-c3ccccc3)c2)c1. The third kappa shape index (κ3) is 8.59. The van der Waals surface area contributed by atoms with Gasteiger partial charge in [-0.1, -0.05) is 60.7 Å². The molecule has 216 valence electrons. The summed E-state index contributed by atoms with van der Waals surface area (Å²) in [6.07, 6.45) is -5.92. The molecular weight excluding hydrogens is 553 g/mol. The van der Waals surface area contributed by atoms with Gasteiger partial charge < -0.3 is 19.9 Å². The van der Waals surface area contributed by atoms with Crippen LogP contribution in [0.2, 0.25) is 0 Å². The molecule has 2 N–H and O–H groups in total. The van der Waals surface area contributed by atoms with Gasteiger partial charge in [-0.2, -0.15) is 0 Å². The van der Waals surface area contributed by atoms with Gasteiger partial charge in [-0.05, 0) is 59.2 Å². The summed E-state index contributed by atoms with van der Waals surface area (Å²) < 4.78 is 47.4. The van der Waals surface area contributed by atoms with Gasteiger partial charge >= 0.3 is 18.4 Å². The molecule has 0 radical (unpaired) electrons. The highest BCUT2D eigenvalue weighted by molar-refractivity contribution is 5.97. The zero-order valence-corrected chi connectivity index (χ0v) is 22.0. The van der Waals surface area contributed by atoms with Gasteiger partial charge in [-0.25, -0.2) is 4.79 Å². The number of benzene rings is 4. The van der Waals surface area contributed by atoms with Crippen LogP contribution in [0.5, 0.6) is 11.5 Å². The summed E-state index contributed by atoms with van der Waals surface area (Å²) in [7, 11) is 0. The number of aliphatic carboxylic acids is 1.